The molecule has 0 fully saturated rings. The predicted octanol–water partition coefficient (Wildman–Crippen LogP) is 6.21. The first-order valence-electron chi connectivity index (χ1n) is 9.87. The number of para-hydroxylation sites is 2. The highest BCUT2D eigenvalue weighted by Crippen LogP contribution is 2.27. The fraction of sp³-hybridized carbons (Fsp3) is 0.240. The average Bonchev–Trinajstić information content (AvgIpc) is 3.07. The van der Waals surface area contributed by atoms with Crippen LogP contribution in [-0.2, 0) is 6.54 Å². The molecule has 0 saturated heterocycles. The molecule has 0 amide bonds. The van der Waals surface area contributed by atoms with E-state index in [2.05, 4.69) is 92.1 Å². The van der Waals surface area contributed by atoms with Crippen LogP contribution in [0.25, 0.3) is 22.4 Å². The second kappa shape index (κ2) is 7.89. The van der Waals surface area contributed by atoms with E-state index in [4.69, 9.17) is 9.72 Å². The van der Waals surface area contributed by atoms with Crippen LogP contribution in [0.3, 0.4) is 0 Å². The zero-order chi connectivity index (χ0) is 19.5. The monoisotopic (exact) mass is 370 g/mol. The number of imidazole rings is 1. The lowest BCUT2D eigenvalue weighted by Gasteiger charge is -2.13. The van der Waals surface area contributed by atoms with Gasteiger partial charge in [0.2, 0.25) is 0 Å². The van der Waals surface area contributed by atoms with E-state index in [0.717, 1.165) is 29.2 Å². The summed E-state index contributed by atoms with van der Waals surface area (Å²) < 4.78 is 8.30. The van der Waals surface area contributed by atoms with Crippen molar-refractivity contribution in [3.8, 4) is 17.1 Å². The van der Waals surface area contributed by atoms with Gasteiger partial charge in [0, 0.05) is 5.56 Å². The number of ether oxygens (including phenoxy) is 1. The zero-order valence-corrected chi connectivity index (χ0v) is 16.7. The highest BCUT2D eigenvalue weighted by Gasteiger charge is 2.14. The van der Waals surface area contributed by atoms with Gasteiger partial charge in [-0.25, -0.2) is 4.98 Å². The molecule has 0 radical (unpaired) electrons. The molecule has 142 valence electrons. The SMILES string of the molecule is Cc1ccccc1-c1nc2ccccc2n1CCOc1ccc(C(C)C)cc1. The van der Waals surface area contributed by atoms with Crippen LogP contribution in [0.15, 0.2) is 72.8 Å². The molecule has 0 aliphatic heterocycles. The van der Waals surface area contributed by atoms with Crippen LogP contribution >= 0.6 is 0 Å². The van der Waals surface area contributed by atoms with Gasteiger partial charge in [0.1, 0.15) is 18.2 Å². The topological polar surface area (TPSA) is 27.1 Å². The van der Waals surface area contributed by atoms with Gasteiger partial charge in [-0.2, -0.15) is 0 Å². The number of benzene rings is 3. The van der Waals surface area contributed by atoms with Crippen molar-refractivity contribution in [1.82, 2.24) is 9.55 Å². The number of nitrogens with zero attached hydrogens (tertiary/aromatic N) is 2. The van der Waals surface area contributed by atoms with Crippen LogP contribution in [0.1, 0.15) is 30.9 Å². The van der Waals surface area contributed by atoms with Gasteiger partial charge in [-0.05, 0) is 48.2 Å². The summed E-state index contributed by atoms with van der Waals surface area (Å²) in [6, 6.07) is 25.1. The number of aryl methyl sites for hydroxylation is 1. The Labute approximate surface area is 166 Å². The maximum atomic E-state index is 6.04. The standard InChI is InChI=1S/C25H26N2O/c1-18(2)20-12-14-21(15-13-20)28-17-16-27-24-11-7-6-10-23(24)26-25(27)22-9-5-4-8-19(22)3/h4-15,18H,16-17H2,1-3H3. The maximum absolute atomic E-state index is 6.04. The van der Waals surface area contributed by atoms with Crippen molar-refractivity contribution in [2.24, 2.45) is 0 Å². The number of fused-ring (bicyclic) bond motifs is 1. The molecule has 1 heterocycles. The first-order chi connectivity index (χ1) is 13.6. The van der Waals surface area contributed by atoms with Gasteiger partial charge in [-0.1, -0.05) is 62.4 Å². The Bertz CT molecular complexity index is 1080. The van der Waals surface area contributed by atoms with E-state index < -0.39 is 0 Å². The van der Waals surface area contributed by atoms with E-state index in [9.17, 15) is 0 Å². The molecule has 0 bridgehead atoms. The van der Waals surface area contributed by atoms with Crippen molar-refractivity contribution in [3.05, 3.63) is 83.9 Å². The summed E-state index contributed by atoms with van der Waals surface area (Å²) in [5.74, 6) is 2.44. The van der Waals surface area contributed by atoms with E-state index >= 15 is 0 Å². The van der Waals surface area contributed by atoms with E-state index in [0.29, 0.717) is 12.5 Å². The highest BCUT2D eigenvalue weighted by atomic mass is 16.5. The molecule has 0 N–H and O–H groups in total. The molecule has 1 aromatic heterocycles. The summed E-state index contributed by atoms with van der Waals surface area (Å²) in [6.45, 7) is 7.88. The Morgan fingerprint density at radius 3 is 2.36 bits per heavy atom. The summed E-state index contributed by atoms with van der Waals surface area (Å²) in [7, 11) is 0. The molecule has 3 heteroatoms. The Kier molecular flexibility index (Phi) is 5.16. The minimum Gasteiger partial charge on any atom is -0.492 e. The van der Waals surface area contributed by atoms with E-state index in [1.165, 1.54) is 16.7 Å². The second-order valence-corrected chi connectivity index (χ2v) is 7.46. The Morgan fingerprint density at radius 1 is 0.893 bits per heavy atom. The van der Waals surface area contributed by atoms with Crippen LogP contribution in [0.4, 0.5) is 0 Å². The first-order valence-corrected chi connectivity index (χ1v) is 9.87. The van der Waals surface area contributed by atoms with Gasteiger partial charge in [-0.3, -0.25) is 0 Å². The number of aromatic nitrogens is 2. The summed E-state index contributed by atoms with van der Waals surface area (Å²) in [5, 5.41) is 0. The average molecular weight is 370 g/mol. The van der Waals surface area contributed by atoms with Crippen LogP contribution < -0.4 is 4.74 Å². The lowest BCUT2D eigenvalue weighted by atomic mass is 10.0. The van der Waals surface area contributed by atoms with Gasteiger partial charge < -0.3 is 9.30 Å². The molecule has 3 aromatic carbocycles. The minimum absolute atomic E-state index is 0.531. The second-order valence-electron chi connectivity index (χ2n) is 7.46. The van der Waals surface area contributed by atoms with Gasteiger partial charge >= 0.3 is 0 Å². The summed E-state index contributed by atoms with van der Waals surface area (Å²) >= 11 is 0. The molecule has 4 aromatic rings. The summed E-state index contributed by atoms with van der Waals surface area (Å²) in [6.07, 6.45) is 0. The lowest BCUT2D eigenvalue weighted by Crippen LogP contribution is -2.10. The number of hydrogen-bond acceptors (Lipinski definition) is 2. The van der Waals surface area contributed by atoms with Crippen LogP contribution in [-0.4, -0.2) is 16.2 Å². The third-order valence-electron chi connectivity index (χ3n) is 5.17. The van der Waals surface area contributed by atoms with Gasteiger partial charge in [0.05, 0.1) is 17.6 Å². The molecule has 4 rings (SSSR count). The summed E-state index contributed by atoms with van der Waals surface area (Å²) in [4.78, 5) is 4.91. The van der Waals surface area contributed by atoms with Crippen molar-refractivity contribution in [1.29, 1.82) is 0 Å². The maximum Gasteiger partial charge on any atom is 0.141 e. The fourth-order valence-electron chi connectivity index (χ4n) is 3.53. The molecule has 0 unspecified atom stereocenters. The van der Waals surface area contributed by atoms with Crippen molar-refractivity contribution in [2.75, 3.05) is 6.61 Å². The molecule has 0 atom stereocenters. The van der Waals surface area contributed by atoms with E-state index in [-0.39, 0.29) is 0 Å². The molecule has 0 aliphatic carbocycles. The smallest absolute Gasteiger partial charge is 0.141 e. The van der Waals surface area contributed by atoms with E-state index in [1.54, 1.807) is 0 Å². The highest BCUT2D eigenvalue weighted by molar-refractivity contribution is 5.81. The molecule has 28 heavy (non-hydrogen) atoms. The predicted molar refractivity (Wildman–Crippen MR) is 116 cm³/mol. The quantitative estimate of drug-likeness (QED) is 0.403. The fourth-order valence-corrected chi connectivity index (χ4v) is 3.53. The largest absolute Gasteiger partial charge is 0.492 e. The van der Waals surface area contributed by atoms with Crippen LogP contribution in [0.2, 0.25) is 0 Å². The molecule has 3 nitrogen and oxygen atoms in total. The molecule has 0 aliphatic rings. The number of hydrogen-bond donors (Lipinski definition) is 0. The molecule has 0 saturated carbocycles. The van der Waals surface area contributed by atoms with Crippen molar-refractivity contribution in [3.63, 3.8) is 0 Å². The Morgan fingerprint density at radius 2 is 1.61 bits per heavy atom. The summed E-state index contributed by atoms with van der Waals surface area (Å²) in [5.41, 5.74) is 5.88. The van der Waals surface area contributed by atoms with Crippen LogP contribution in [0.5, 0.6) is 5.75 Å². The third-order valence-corrected chi connectivity index (χ3v) is 5.17. The van der Waals surface area contributed by atoms with Gasteiger partial charge in [0.25, 0.3) is 0 Å². The van der Waals surface area contributed by atoms with Crippen LogP contribution in [0, 0.1) is 6.92 Å². The third kappa shape index (κ3) is 3.65. The van der Waals surface area contributed by atoms with Gasteiger partial charge in [0.15, 0.2) is 0 Å². The molecule has 0 spiro atoms. The normalized spacial score (nSPS) is 11.3. The molecular formula is C25H26N2O. The zero-order valence-electron chi connectivity index (χ0n) is 16.7. The molecular weight excluding hydrogens is 344 g/mol. The van der Waals surface area contributed by atoms with Crippen molar-refractivity contribution < 1.29 is 4.74 Å². The van der Waals surface area contributed by atoms with Crippen molar-refractivity contribution >= 4 is 11.0 Å². The van der Waals surface area contributed by atoms with Crippen molar-refractivity contribution in [2.45, 2.75) is 33.2 Å². The first kappa shape index (κ1) is 18.3. The van der Waals surface area contributed by atoms with Gasteiger partial charge in [-0.15, -0.1) is 0 Å². The Hall–Kier alpha value is -3.07. The Balaban J connectivity index is 1.59. The number of rotatable bonds is 6. The van der Waals surface area contributed by atoms with E-state index in [1.807, 2.05) is 6.07 Å². The minimum atomic E-state index is 0.531. The lowest BCUT2D eigenvalue weighted by molar-refractivity contribution is 0.300.